The van der Waals surface area contributed by atoms with Crippen LogP contribution < -0.4 is 0 Å². The maximum Gasteiger partial charge on any atom is 0.306 e. The number of hydrogen-bond donors (Lipinski definition) is 0. The summed E-state index contributed by atoms with van der Waals surface area (Å²) in [6.45, 7) is 6.37. The Morgan fingerprint density at radius 3 is 1.33 bits per heavy atom. The minimum atomic E-state index is -0.773. The number of carbonyl (C=O) groups is 3. The van der Waals surface area contributed by atoms with Crippen molar-refractivity contribution in [3.63, 3.8) is 0 Å². The third-order valence-electron chi connectivity index (χ3n) is 7.91. The van der Waals surface area contributed by atoms with Crippen molar-refractivity contribution >= 4 is 17.9 Å². The van der Waals surface area contributed by atoms with E-state index in [9.17, 15) is 14.4 Å². The molecule has 0 amide bonds. The summed E-state index contributed by atoms with van der Waals surface area (Å²) in [7, 11) is 0. The van der Waals surface area contributed by atoms with Gasteiger partial charge in [0.2, 0.25) is 0 Å². The van der Waals surface area contributed by atoms with Crippen molar-refractivity contribution in [2.75, 3.05) is 13.2 Å². The highest BCUT2D eigenvalue weighted by Crippen LogP contribution is 2.13. The third kappa shape index (κ3) is 33.0. The molecule has 0 saturated carbocycles. The van der Waals surface area contributed by atoms with E-state index in [2.05, 4.69) is 57.2 Å². The zero-order chi connectivity index (χ0) is 33.8. The van der Waals surface area contributed by atoms with E-state index in [1.807, 2.05) is 0 Å². The Bertz CT molecular complexity index is 800. The fourth-order valence-electron chi connectivity index (χ4n) is 5.04. The highest BCUT2D eigenvalue weighted by Gasteiger charge is 2.19. The molecule has 0 radical (unpaired) electrons. The monoisotopic (exact) mass is 647 g/mol. The summed E-state index contributed by atoms with van der Waals surface area (Å²) in [4.78, 5) is 37.2. The minimum absolute atomic E-state index is 0.0815. The van der Waals surface area contributed by atoms with Crippen LogP contribution in [-0.4, -0.2) is 37.2 Å². The third-order valence-corrected chi connectivity index (χ3v) is 7.91. The second kappa shape index (κ2) is 35.5. The lowest BCUT2D eigenvalue weighted by atomic mass is 10.1. The quantitative estimate of drug-likeness (QED) is 0.0305. The molecule has 0 aromatic carbocycles. The Morgan fingerprint density at radius 1 is 0.457 bits per heavy atom. The number of esters is 3. The maximum atomic E-state index is 12.5. The van der Waals surface area contributed by atoms with E-state index in [4.69, 9.17) is 14.2 Å². The molecule has 1 unspecified atom stereocenters. The van der Waals surface area contributed by atoms with Crippen molar-refractivity contribution in [2.45, 2.75) is 187 Å². The second-order valence-electron chi connectivity index (χ2n) is 12.5. The molecule has 0 heterocycles. The van der Waals surface area contributed by atoms with Gasteiger partial charge < -0.3 is 14.2 Å². The number of ether oxygens (including phenoxy) is 3. The first-order chi connectivity index (χ1) is 22.5. The molecule has 0 rings (SSSR count). The van der Waals surface area contributed by atoms with Gasteiger partial charge >= 0.3 is 17.9 Å². The molecule has 0 fully saturated rings. The van der Waals surface area contributed by atoms with Gasteiger partial charge in [-0.25, -0.2) is 0 Å². The van der Waals surface area contributed by atoms with Gasteiger partial charge in [-0.05, 0) is 51.4 Å². The van der Waals surface area contributed by atoms with Crippen LogP contribution in [0.4, 0.5) is 0 Å². The predicted molar refractivity (Wildman–Crippen MR) is 192 cm³/mol. The Morgan fingerprint density at radius 2 is 0.848 bits per heavy atom. The lowest BCUT2D eigenvalue weighted by Gasteiger charge is -2.18. The molecule has 1 atom stereocenters. The molecule has 0 aliphatic heterocycles. The summed E-state index contributed by atoms with van der Waals surface area (Å²) < 4.78 is 16.5. The summed E-state index contributed by atoms with van der Waals surface area (Å²) in [6.07, 6.45) is 37.3. The molecule has 0 aliphatic rings. The van der Waals surface area contributed by atoms with E-state index in [0.29, 0.717) is 19.3 Å². The van der Waals surface area contributed by atoms with E-state index in [-0.39, 0.29) is 31.1 Å². The molecule has 0 aromatic heterocycles. The van der Waals surface area contributed by atoms with Gasteiger partial charge in [0.25, 0.3) is 0 Å². The van der Waals surface area contributed by atoms with Gasteiger partial charge in [-0.3, -0.25) is 14.4 Å². The minimum Gasteiger partial charge on any atom is -0.462 e. The fraction of sp³-hybridized carbons (Fsp3) is 0.775. The highest BCUT2D eigenvalue weighted by atomic mass is 16.6. The van der Waals surface area contributed by atoms with Gasteiger partial charge in [0, 0.05) is 19.3 Å². The average Bonchev–Trinajstić information content (AvgIpc) is 3.05. The smallest absolute Gasteiger partial charge is 0.306 e. The van der Waals surface area contributed by atoms with Crippen LogP contribution in [0.3, 0.4) is 0 Å². The molecule has 46 heavy (non-hydrogen) atoms. The van der Waals surface area contributed by atoms with E-state index in [1.165, 1.54) is 51.4 Å². The maximum absolute atomic E-state index is 12.5. The van der Waals surface area contributed by atoms with Crippen molar-refractivity contribution < 1.29 is 28.6 Å². The van der Waals surface area contributed by atoms with Crippen LogP contribution in [0.2, 0.25) is 0 Å². The molecule has 0 spiro atoms. The second-order valence-corrected chi connectivity index (χ2v) is 12.5. The molecule has 0 bridgehead atoms. The zero-order valence-electron chi connectivity index (χ0n) is 30.1. The fourth-order valence-corrected chi connectivity index (χ4v) is 5.04. The topological polar surface area (TPSA) is 78.9 Å². The Kier molecular flexibility index (Phi) is 33.7. The molecule has 6 heteroatoms. The highest BCUT2D eigenvalue weighted by molar-refractivity contribution is 5.71. The van der Waals surface area contributed by atoms with Crippen LogP contribution in [0.5, 0.6) is 0 Å². The summed E-state index contributed by atoms with van der Waals surface area (Å²) in [5.41, 5.74) is 0. The van der Waals surface area contributed by atoms with E-state index < -0.39 is 6.10 Å². The van der Waals surface area contributed by atoms with E-state index in [0.717, 1.165) is 89.9 Å². The first-order valence-corrected chi connectivity index (χ1v) is 19.0. The largest absolute Gasteiger partial charge is 0.462 e. The molecule has 0 aromatic rings. The van der Waals surface area contributed by atoms with Gasteiger partial charge in [-0.15, -0.1) is 0 Å². The van der Waals surface area contributed by atoms with Crippen molar-refractivity contribution in [3.05, 3.63) is 36.5 Å². The van der Waals surface area contributed by atoms with Crippen LogP contribution in [0.25, 0.3) is 0 Å². The molecular formula is C40H70O6. The first kappa shape index (κ1) is 43.6. The molecule has 266 valence electrons. The van der Waals surface area contributed by atoms with Gasteiger partial charge in [0.1, 0.15) is 13.2 Å². The summed E-state index contributed by atoms with van der Waals surface area (Å²) in [5.74, 6) is -0.934. The SMILES string of the molecule is CC/C=C\C/C=C\C/C=C\CCCCCC(=O)OCC(COC(=O)CCCCCCC)OC(=O)CCCCCCCCCCCC. The lowest BCUT2D eigenvalue weighted by molar-refractivity contribution is -0.167. The summed E-state index contributed by atoms with van der Waals surface area (Å²) in [5, 5.41) is 0. The van der Waals surface area contributed by atoms with E-state index in [1.54, 1.807) is 0 Å². The van der Waals surface area contributed by atoms with Crippen LogP contribution in [0, 0.1) is 0 Å². The van der Waals surface area contributed by atoms with Crippen LogP contribution in [-0.2, 0) is 28.6 Å². The number of unbranched alkanes of at least 4 members (excludes halogenated alkanes) is 16. The summed E-state index contributed by atoms with van der Waals surface area (Å²) >= 11 is 0. The van der Waals surface area contributed by atoms with Crippen molar-refractivity contribution in [1.29, 1.82) is 0 Å². The van der Waals surface area contributed by atoms with Crippen molar-refractivity contribution in [3.8, 4) is 0 Å². The normalized spacial score (nSPS) is 12.3. The lowest BCUT2D eigenvalue weighted by Crippen LogP contribution is -2.30. The van der Waals surface area contributed by atoms with Gasteiger partial charge in [-0.2, -0.15) is 0 Å². The van der Waals surface area contributed by atoms with Crippen LogP contribution in [0.1, 0.15) is 181 Å². The zero-order valence-corrected chi connectivity index (χ0v) is 30.1. The number of hydrogen-bond acceptors (Lipinski definition) is 6. The van der Waals surface area contributed by atoms with Crippen LogP contribution >= 0.6 is 0 Å². The number of rotatable bonds is 33. The average molecular weight is 647 g/mol. The van der Waals surface area contributed by atoms with Crippen LogP contribution in [0.15, 0.2) is 36.5 Å². The molecule has 6 nitrogen and oxygen atoms in total. The van der Waals surface area contributed by atoms with E-state index >= 15 is 0 Å². The standard InChI is InChI=1S/C40H70O6/c1-4-7-10-13-15-17-19-20-21-23-24-27-30-33-39(42)45-36-37(35-44-38(41)32-29-26-12-9-6-3)46-40(43)34-31-28-25-22-18-16-14-11-8-5-2/h7,10,15,17,20-21,37H,4-6,8-9,11-14,16,18-19,22-36H2,1-3H3/b10-7-,17-15-,21-20-. The van der Waals surface area contributed by atoms with Gasteiger partial charge in [0.05, 0.1) is 0 Å². The molecule has 0 N–H and O–H groups in total. The van der Waals surface area contributed by atoms with Crippen molar-refractivity contribution in [2.24, 2.45) is 0 Å². The number of carbonyl (C=O) groups excluding carboxylic acids is 3. The number of allylic oxidation sites excluding steroid dienone is 6. The van der Waals surface area contributed by atoms with Gasteiger partial charge in [-0.1, -0.05) is 147 Å². The Labute approximate surface area is 283 Å². The summed E-state index contributed by atoms with van der Waals surface area (Å²) in [6, 6.07) is 0. The Balaban J connectivity index is 4.34. The molecule has 0 aliphatic carbocycles. The first-order valence-electron chi connectivity index (χ1n) is 19.0. The molecule has 0 saturated heterocycles. The predicted octanol–water partition coefficient (Wildman–Crippen LogP) is 11.5. The molecular weight excluding hydrogens is 576 g/mol. The van der Waals surface area contributed by atoms with Gasteiger partial charge in [0.15, 0.2) is 6.10 Å². The Hall–Kier alpha value is -2.37. The van der Waals surface area contributed by atoms with Crippen molar-refractivity contribution in [1.82, 2.24) is 0 Å².